The van der Waals surface area contributed by atoms with Crippen molar-refractivity contribution in [2.75, 3.05) is 0 Å². The van der Waals surface area contributed by atoms with E-state index in [1.807, 2.05) is 29.5 Å². The minimum Gasteiger partial charge on any atom is -0.296 e. The third-order valence-corrected chi connectivity index (χ3v) is 3.54. The number of hydrogen-bond acceptors (Lipinski definition) is 2. The molecule has 0 amide bonds. The van der Waals surface area contributed by atoms with Crippen LogP contribution in [0, 0.1) is 16.4 Å². The van der Waals surface area contributed by atoms with Crippen molar-refractivity contribution in [3.05, 3.63) is 25.9 Å². The molecule has 0 aliphatic rings. The topological polar surface area (TPSA) is 34.9 Å². The van der Waals surface area contributed by atoms with Crippen LogP contribution >= 0.6 is 22.6 Å². The van der Waals surface area contributed by atoms with Crippen LogP contribution in [-0.2, 0) is 6.54 Å². The van der Waals surface area contributed by atoms with Crippen molar-refractivity contribution in [2.45, 2.75) is 40.2 Å². The molecule has 0 aromatic carbocycles. The summed E-state index contributed by atoms with van der Waals surface area (Å²) in [5.41, 5.74) is 0.0926. The van der Waals surface area contributed by atoms with E-state index in [-0.39, 0.29) is 5.56 Å². The Balaban J connectivity index is 3.03. The molecule has 0 spiro atoms. The van der Waals surface area contributed by atoms with Gasteiger partial charge in [-0.2, -0.15) is 0 Å². The average Bonchev–Trinajstić information content (AvgIpc) is 2.24. The molecule has 0 aliphatic carbocycles. The van der Waals surface area contributed by atoms with Crippen LogP contribution in [0.3, 0.4) is 0 Å². The van der Waals surface area contributed by atoms with Gasteiger partial charge in [-0.15, -0.1) is 0 Å². The highest BCUT2D eigenvalue weighted by atomic mass is 127. The van der Waals surface area contributed by atoms with Crippen molar-refractivity contribution in [2.24, 2.45) is 5.92 Å². The Morgan fingerprint density at radius 1 is 1.47 bits per heavy atom. The lowest BCUT2D eigenvalue weighted by Crippen LogP contribution is -2.28. The first-order valence-electron chi connectivity index (χ1n) is 5.32. The van der Waals surface area contributed by atoms with Crippen LogP contribution < -0.4 is 5.56 Å². The fourth-order valence-corrected chi connectivity index (χ4v) is 2.00. The van der Waals surface area contributed by atoms with Crippen molar-refractivity contribution >= 4 is 22.6 Å². The van der Waals surface area contributed by atoms with Gasteiger partial charge in [0.05, 0.1) is 3.57 Å². The summed E-state index contributed by atoms with van der Waals surface area (Å²) < 4.78 is 2.49. The molecular weight excluding hydrogens is 303 g/mol. The fourth-order valence-electron chi connectivity index (χ4n) is 1.57. The summed E-state index contributed by atoms with van der Waals surface area (Å²) in [6, 6.07) is 0. The van der Waals surface area contributed by atoms with Gasteiger partial charge in [-0.25, -0.2) is 4.98 Å². The van der Waals surface area contributed by atoms with Gasteiger partial charge in [0, 0.05) is 12.7 Å². The Bertz CT molecular complexity index is 383. The standard InChI is InChI=1S/C11H17IN2O/c1-4-9(5-2)7-14-8(3)13-6-10(12)11(14)15/h6,9H,4-5,7H2,1-3H3. The van der Waals surface area contributed by atoms with Gasteiger partial charge in [0.25, 0.3) is 5.56 Å². The molecule has 1 aromatic heterocycles. The largest absolute Gasteiger partial charge is 0.296 e. The Morgan fingerprint density at radius 3 is 2.60 bits per heavy atom. The minimum absolute atomic E-state index is 0.0926. The van der Waals surface area contributed by atoms with E-state index >= 15 is 0 Å². The summed E-state index contributed by atoms with van der Waals surface area (Å²) in [5, 5.41) is 0. The van der Waals surface area contributed by atoms with Crippen LogP contribution in [0.15, 0.2) is 11.0 Å². The van der Waals surface area contributed by atoms with Crippen LogP contribution in [0.1, 0.15) is 32.5 Å². The van der Waals surface area contributed by atoms with E-state index in [0.29, 0.717) is 9.49 Å². The van der Waals surface area contributed by atoms with Gasteiger partial charge >= 0.3 is 0 Å². The summed E-state index contributed by atoms with van der Waals surface area (Å²) in [7, 11) is 0. The van der Waals surface area contributed by atoms with E-state index < -0.39 is 0 Å². The van der Waals surface area contributed by atoms with Gasteiger partial charge in [-0.3, -0.25) is 9.36 Å². The molecule has 0 saturated carbocycles. The second kappa shape index (κ2) is 5.63. The van der Waals surface area contributed by atoms with E-state index in [4.69, 9.17) is 0 Å². The van der Waals surface area contributed by atoms with Gasteiger partial charge in [0.15, 0.2) is 0 Å². The number of nitrogens with zero attached hydrogens (tertiary/aromatic N) is 2. The van der Waals surface area contributed by atoms with Crippen LogP contribution in [0.4, 0.5) is 0 Å². The molecule has 0 saturated heterocycles. The third-order valence-electron chi connectivity index (χ3n) is 2.80. The van der Waals surface area contributed by atoms with Crippen molar-refractivity contribution in [3.63, 3.8) is 0 Å². The molecule has 0 radical (unpaired) electrons. The van der Waals surface area contributed by atoms with Gasteiger partial charge in [0.1, 0.15) is 5.82 Å². The lowest BCUT2D eigenvalue weighted by atomic mass is 10.0. The van der Waals surface area contributed by atoms with E-state index in [0.717, 1.165) is 25.2 Å². The lowest BCUT2D eigenvalue weighted by molar-refractivity contribution is 0.402. The normalized spacial score (nSPS) is 11.0. The molecule has 0 fully saturated rings. The number of rotatable bonds is 4. The van der Waals surface area contributed by atoms with Gasteiger partial charge in [-0.05, 0) is 35.4 Å². The van der Waals surface area contributed by atoms with Crippen LogP contribution in [-0.4, -0.2) is 9.55 Å². The van der Waals surface area contributed by atoms with Crippen molar-refractivity contribution in [1.29, 1.82) is 0 Å². The average molecular weight is 320 g/mol. The molecule has 1 aromatic rings. The summed E-state index contributed by atoms with van der Waals surface area (Å²) >= 11 is 2.04. The fraction of sp³-hybridized carbons (Fsp3) is 0.636. The van der Waals surface area contributed by atoms with Crippen molar-refractivity contribution in [1.82, 2.24) is 9.55 Å². The number of aryl methyl sites for hydroxylation is 1. The van der Waals surface area contributed by atoms with Crippen molar-refractivity contribution < 1.29 is 0 Å². The Kier molecular flexibility index (Phi) is 4.76. The molecule has 1 heterocycles. The van der Waals surface area contributed by atoms with E-state index in [1.165, 1.54) is 0 Å². The molecule has 0 N–H and O–H groups in total. The monoisotopic (exact) mass is 320 g/mol. The van der Waals surface area contributed by atoms with Gasteiger partial charge in [-0.1, -0.05) is 26.7 Å². The maximum Gasteiger partial charge on any atom is 0.266 e. The molecule has 3 nitrogen and oxygen atoms in total. The third kappa shape index (κ3) is 3.03. The summed E-state index contributed by atoms with van der Waals surface area (Å²) in [6.07, 6.45) is 3.85. The maximum atomic E-state index is 11.9. The number of hydrogen-bond donors (Lipinski definition) is 0. The second-order valence-electron chi connectivity index (χ2n) is 3.75. The molecular formula is C11H17IN2O. The Morgan fingerprint density at radius 2 is 2.07 bits per heavy atom. The summed E-state index contributed by atoms with van der Waals surface area (Å²) in [4.78, 5) is 16.1. The number of halogens is 1. The molecule has 84 valence electrons. The van der Waals surface area contributed by atoms with E-state index in [2.05, 4.69) is 18.8 Å². The van der Waals surface area contributed by atoms with E-state index in [1.54, 1.807) is 10.8 Å². The predicted octanol–water partition coefficient (Wildman–Crippen LogP) is 2.59. The molecule has 1 rings (SSSR count). The number of aromatic nitrogens is 2. The highest BCUT2D eigenvalue weighted by molar-refractivity contribution is 14.1. The maximum absolute atomic E-state index is 11.9. The SMILES string of the molecule is CCC(CC)Cn1c(C)ncc(I)c1=O. The highest BCUT2D eigenvalue weighted by Gasteiger charge is 2.10. The van der Waals surface area contributed by atoms with Crippen LogP contribution in [0.25, 0.3) is 0 Å². The Labute approximate surface area is 104 Å². The smallest absolute Gasteiger partial charge is 0.266 e. The Hall–Kier alpha value is -0.390. The molecule has 0 atom stereocenters. The molecule has 4 heteroatoms. The zero-order valence-electron chi connectivity index (χ0n) is 9.46. The first-order chi connectivity index (χ1) is 7.10. The van der Waals surface area contributed by atoms with Crippen LogP contribution in [0.2, 0.25) is 0 Å². The lowest BCUT2D eigenvalue weighted by Gasteiger charge is -2.16. The summed E-state index contributed by atoms with van der Waals surface area (Å²) in [6.45, 7) is 7.01. The second-order valence-corrected chi connectivity index (χ2v) is 4.91. The predicted molar refractivity (Wildman–Crippen MR) is 70.0 cm³/mol. The molecule has 15 heavy (non-hydrogen) atoms. The van der Waals surface area contributed by atoms with Crippen molar-refractivity contribution in [3.8, 4) is 0 Å². The van der Waals surface area contributed by atoms with Crippen LogP contribution in [0.5, 0.6) is 0 Å². The zero-order chi connectivity index (χ0) is 11.4. The quantitative estimate of drug-likeness (QED) is 0.799. The van der Waals surface area contributed by atoms with Gasteiger partial charge < -0.3 is 0 Å². The summed E-state index contributed by atoms with van der Waals surface area (Å²) in [5.74, 6) is 1.38. The molecule has 0 bridgehead atoms. The molecule has 0 aliphatic heterocycles. The first kappa shape index (κ1) is 12.7. The highest BCUT2D eigenvalue weighted by Crippen LogP contribution is 2.10. The van der Waals surface area contributed by atoms with E-state index in [9.17, 15) is 4.79 Å². The molecule has 0 unspecified atom stereocenters. The minimum atomic E-state index is 0.0926. The zero-order valence-corrected chi connectivity index (χ0v) is 11.6. The first-order valence-corrected chi connectivity index (χ1v) is 6.39. The van der Waals surface area contributed by atoms with Gasteiger partial charge in [0.2, 0.25) is 0 Å².